The molecule has 6 heteroatoms. The van der Waals surface area contributed by atoms with Gasteiger partial charge in [-0.2, -0.15) is 0 Å². The molecule has 0 atom stereocenters. The number of benzene rings is 1. The first-order valence-corrected chi connectivity index (χ1v) is 9.01. The second kappa shape index (κ2) is 9.08. The maximum atomic E-state index is 12.3. The second-order valence-corrected chi connectivity index (χ2v) is 6.26. The Bertz CT molecular complexity index is 712. The molecule has 1 aliphatic rings. The minimum Gasteiger partial charge on any atom is -0.497 e. The van der Waals surface area contributed by atoms with Crippen molar-refractivity contribution in [1.82, 2.24) is 10.3 Å². The van der Waals surface area contributed by atoms with E-state index in [0.29, 0.717) is 18.7 Å². The largest absolute Gasteiger partial charge is 0.497 e. The van der Waals surface area contributed by atoms with Crippen LogP contribution in [-0.2, 0) is 0 Å². The van der Waals surface area contributed by atoms with Crippen molar-refractivity contribution >= 4 is 11.6 Å². The van der Waals surface area contributed by atoms with Crippen LogP contribution in [0.15, 0.2) is 42.7 Å². The van der Waals surface area contributed by atoms with Gasteiger partial charge in [0.1, 0.15) is 18.1 Å². The zero-order valence-electron chi connectivity index (χ0n) is 15.1. The third-order valence-electron chi connectivity index (χ3n) is 4.42. The first-order chi connectivity index (χ1) is 12.8. The third-order valence-corrected chi connectivity index (χ3v) is 4.42. The van der Waals surface area contributed by atoms with Crippen molar-refractivity contribution in [3.63, 3.8) is 0 Å². The lowest BCUT2D eigenvalue weighted by molar-refractivity contribution is 0.0946. The molecule has 0 unspecified atom stereocenters. The van der Waals surface area contributed by atoms with Crippen molar-refractivity contribution in [3.8, 4) is 11.5 Å². The molecule has 138 valence electrons. The average Bonchev–Trinajstić information content (AvgIpc) is 2.72. The highest BCUT2D eigenvalue weighted by molar-refractivity contribution is 5.94. The summed E-state index contributed by atoms with van der Waals surface area (Å²) in [6.45, 7) is 2.89. The normalized spacial score (nSPS) is 14.0. The van der Waals surface area contributed by atoms with Gasteiger partial charge in [-0.1, -0.05) is 0 Å². The monoisotopic (exact) mass is 355 g/mol. The molecule has 1 N–H and O–H groups in total. The Morgan fingerprint density at radius 2 is 1.85 bits per heavy atom. The molecule has 3 rings (SSSR count). The van der Waals surface area contributed by atoms with Gasteiger partial charge in [0.05, 0.1) is 31.1 Å². The number of nitrogens with one attached hydrogen (secondary N) is 1. The fourth-order valence-corrected chi connectivity index (χ4v) is 2.98. The molecule has 26 heavy (non-hydrogen) atoms. The summed E-state index contributed by atoms with van der Waals surface area (Å²) in [5.74, 6) is 1.40. The zero-order chi connectivity index (χ0) is 18.2. The van der Waals surface area contributed by atoms with Crippen LogP contribution in [-0.4, -0.2) is 44.2 Å². The van der Waals surface area contributed by atoms with Crippen molar-refractivity contribution in [2.75, 3.05) is 38.3 Å². The first-order valence-electron chi connectivity index (χ1n) is 9.01. The van der Waals surface area contributed by atoms with E-state index < -0.39 is 0 Å². The molecule has 0 bridgehead atoms. The van der Waals surface area contributed by atoms with Crippen LogP contribution in [0.4, 0.5) is 5.69 Å². The molecule has 6 nitrogen and oxygen atoms in total. The number of amides is 1. The van der Waals surface area contributed by atoms with E-state index in [2.05, 4.69) is 15.2 Å². The molecular weight excluding hydrogens is 330 g/mol. The summed E-state index contributed by atoms with van der Waals surface area (Å²) < 4.78 is 10.7. The van der Waals surface area contributed by atoms with Crippen molar-refractivity contribution < 1.29 is 14.3 Å². The molecule has 2 heterocycles. The van der Waals surface area contributed by atoms with E-state index in [0.717, 1.165) is 30.3 Å². The molecule has 0 radical (unpaired) electrons. The number of nitrogens with zero attached hydrogens (tertiary/aromatic N) is 2. The number of rotatable bonds is 7. The Labute approximate surface area is 154 Å². The Morgan fingerprint density at radius 1 is 1.12 bits per heavy atom. The SMILES string of the molecule is COc1ccc(OCCNC(=O)c2cncc(N3CCCCC3)c2)cc1. The highest BCUT2D eigenvalue weighted by Gasteiger charge is 2.13. The molecule has 1 aromatic carbocycles. The van der Waals surface area contributed by atoms with Crippen LogP contribution in [0, 0.1) is 0 Å². The number of methoxy groups -OCH3 is 1. The van der Waals surface area contributed by atoms with Gasteiger partial charge in [-0.15, -0.1) is 0 Å². The van der Waals surface area contributed by atoms with Crippen molar-refractivity contribution in [3.05, 3.63) is 48.3 Å². The number of piperidine rings is 1. The summed E-state index contributed by atoms with van der Waals surface area (Å²) in [6, 6.07) is 9.27. The molecular formula is C20H25N3O3. The van der Waals surface area contributed by atoms with E-state index in [1.54, 1.807) is 13.3 Å². The van der Waals surface area contributed by atoms with Gasteiger partial charge in [-0.3, -0.25) is 9.78 Å². The molecule has 0 aliphatic carbocycles. The fourth-order valence-electron chi connectivity index (χ4n) is 2.98. The number of carbonyl (C=O) groups excluding carboxylic acids is 1. The van der Waals surface area contributed by atoms with Crippen LogP contribution >= 0.6 is 0 Å². The predicted octanol–water partition coefficient (Wildman–Crippen LogP) is 2.89. The summed E-state index contributed by atoms with van der Waals surface area (Å²) in [7, 11) is 1.63. The minimum atomic E-state index is -0.130. The Kier molecular flexibility index (Phi) is 6.30. The van der Waals surface area contributed by atoms with Crippen LogP contribution in [0.2, 0.25) is 0 Å². The van der Waals surface area contributed by atoms with Crippen molar-refractivity contribution in [2.45, 2.75) is 19.3 Å². The number of hydrogen-bond acceptors (Lipinski definition) is 5. The standard InChI is InChI=1S/C20H25N3O3/c1-25-18-5-7-19(8-6-18)26-12-9-22-20(24)16-13-17(15-21-14-16)23-10-3-2-4-11-23/h5-8,13-15H,2-4,9-12H2,1H3,(H,22,24). The predicted molar refractivity (Wildman–Crippen MR) is 101 cm³/mol. The van der Waals surface area contributed by atoms with Crippen molar-refractivity contribution in [1.29, 1.82) is 0 Å². The van der Waals surface area contributed by atoms with Gasteiger partial charge in [0.15, 0.2) is 0 Å². The quantitative estimate of drug-likeness (QED) is 0.774. The van der Waals surface area contributed by atoms with Crippen LogP contribution in [0.1, 0.15) is 29.6 Å². The Hall–Kier alpha value is -2.76. The van der Waals surface area contributed by atoms with Crippen LogP contribution < -0.4 is 19.7 Å². The number of hydrogen-bond donors (Lipinski definition) is 1. The molecule has 0 saturated carbocycles. The maximum absolute atomic E-state index is 12.3. The number of pyridine rings is 1. The van der Waals surface area contributed by atoms with Gasteiger partial charge in [0.2, 0.25) is 0 Å². The first kappa shape index (κ1) is 18.0. The maximum Gasteiger partial charge on any atom is 0.253 e. The van der Waals surface area contributed by atoms with Crippen LogP contribution in [0.3, 0.4) is 0 Å². The van der Waals surface area contributed by atoms with Gasteiger partial charge in [0.25, 0.3) is 5.91 Å². The molecule has 2 aromatic rings. The summed E-state index contributed by atoms with van der Waals surface area (Å²) in [5, 5.41) is 2.87. The number of anilines is 1. The molecule has 1 fully saturated rings. The van der Waals surface area contributed by atoms with E-state index >= 15 is 0 Å². The van der Waals surface area contributed by atoms with Gasteiger partial charge in [0, 0.05) is 19.3 Å². The molecule has 1 saturated heterocycles. The van der Waals surface area contributed by atoms with E-state index in [1.165, 1.54) is 19.3 Å². The lowest BCUT2D eigenvalue weighted by Crippen LogP contribution is -2.31. The van der Waals surface area contributed by atoms with Gasteiger partial charge < -0.3 is 19.7 Å². The molecule has 1 amide bonds. The highest BCUT2D eigenvalue weighted by atomic mass is 16.5. The molecule has 1 aromatic heterocycles. The van der Waals surface area contributed by atoms with E-state index in [-0.39, 0.29) is 5.91 Å². The van der Waals surface area contributed by atoms with Crippen LogP contribution in [0.5, 0.6) is 11.5 Å². The lowest BCUT2D eigenvalue weighted by Gasteiger charge is -2.28. The second-order valence-electron chi connectivity index (χ2n) is 6.26. The van der Waals surface area contributed by atoms with Gasteiger partial charge >= 0.3 is 0 Å². The Balaban J connectivity index is 1.47. The fraction of sp³-hybridized carbons (Fsp3) is 0.400. The lowest BCUT2D eigenvalue weighted by atomic mass is 10.1. The summed E-state index contributed by atoms with van der Waals surface area (Å²) >= 11 is 0. The molecule has 1 aliphatic heterocycles. The Morgan fingerprint density at radius 3 is 2.58 bits per heavy atom. The van der Waals surface area contributed by atoms with E-state index in [4.69, 9.17) is 9.47 Å². The third kappa shape index (κ3) is 4.88. The van der Waals surface area contributed by atoms with E-state index in [1.807, 2.05) is 36.5 Å². The zero-order valence-corrected chi connectivity index (χ0v) is 15.1. The topological polar surface area (TPSA) is 63.7 Å². The van der Waals surface area contributed by atoms with Crippen LogP contribution in [0.25, 0.3) is 0 Å². The average molecular weight is 355 g/mol. The number of aromatic nitrogens is 1. The molecule has 0 spiro atoms. The van der Waals surface area contributed by atoms with Gasteiger partial charge in [-0.25, -0.2) is 0 Å². The minimum absolute atomic E-state index is 0.130. The van der Waals surface area contributed by atoms with E-state index in [9.17, 15) is 4.79 Å². The summed E-state index contributed by atoms with van der Waals surface area (Å²) in [5.41, 5.74) is 1.60. The van der Waals surface area contributed by atoms with Gasteiger partial charge in [-0.05, 0) is 49.6 Å². The summed E-state index contributed by atoms with van der Waals surface area (Å²) in [4.78, 5) is 18.9. The smallest absolute Gasteiger partial charge is 0.253 e. The highest BCUT2D eigenvalue weighted by Crippen LogP contribution is 2.20. The number of ether oxygens (including phenoxy) is 2. The van der Waals surface area contributed by atoms with Crippen molar-refractivity contribution in [2.24, 2.45) is 0 Å². The number of carbonyl (C=O) groups is 1. The summed E-state index contributed by atoms with van der Waals surface area (Å²) in [6.07, 6.45) is 7.10.